The molecule has 6 heteroatoms. The van der Waals surface area contributed by atoms with Gasteiger partial charge in [-0.1, -0.05) is 24.3 Å². The quantitative estimate of drug-likeness (QED) is 0.541. The first-order valence-corrected chi connectivity index (χ1v) is 9.45. The SMILES string of the molecule is C[N+]12CCC(CC1)[C@@H](OC(=O)Nc1ccccc1-c1cccs1)C2.[I-]. The first-order chi connectivity index (χ1) is 11.6. The summed E-state index contributed by atoms with van der Waals surface area (Å²) in [5.74, 6) is 0.531. The molecule has 4 nitrogen and oxygen atoms in total. The highest BCUT2D eigenvalue weighted by molar-refractivity contribution is 7.13. The zero-order chi connectivity index (χ0) is 16.6. The van der Waals surface area contributed by atoms with Gasteiger partial charge in [-0.3, -0.25) is 5.32 Å². The maximum atomic E-state index is 12.4. The number of rotatable bonds is 3. The van der Waals surface area contributed by atoms with Crippen LogP contribution in [-0.2, 0) is 4.74 Å². The normalized spacial score (nSPS) is 27.4. The van der Waals surface area contributed by atoms with Crippen molar-refractivity contribution in [1.29, 1.82) is 0 Å². The monoisotopic (exact) mass is 470 g/mol. The summed E-state index contributed by atoms with van der Waals surface area (Å²) in [4.78, 5) is 13.6. The molecule has 2 aromatic rings. The van der Waals surface area contributed by atoms with E-state index in [1.165, 1.54) is 25.9 Å². The number of quaternary nitrogens is 1. The molecule has 0 spiro atoms. The number of para-hydroxylation sites is 1. The van der Waals surface area contributed by atoms with Crippen molar-refractivity contribution in [3.63, 3.8) is 0 Å². The van der Waals surface area contributed by atoms with E-state index in [1.54, 1.807) is 11.3 Å². The van der Waals surface area contributed by atoms with Crippen LogP contribution in [-0.4, -0.2) is 43.4 Å². The first kappa shape index (κ1) is 18.7. The minimum atomic E-state index is -0.329. The molecule has 2 bridgehead atoms. The van der Waals surface area contributed by atoms with Crippen molar-refractivity contribution in [2.75, 3.05) is 32.0 Å². The molecule has 1 aromatic carbocycles. The number of amides is 1. The summed E-state index contributed by atoms with van der Waals surface area (Å²) in [6.45, 7) is 3.38. The van der Waals surface area contributed by atoms with Gasteiger partial charge in [0.2, 0.25) is 0 Å². The zero-order valence-electron chi connectivity index (χ0n) is 14.3. The molecule has 3 fully saturated rings. The molecule has 1 atom stereocenters. The fourth-order valence-electron chi connectivity index (χ4n) is 4.00. The molecule has 4 heterocycles. The molecule has 3 saturated heterocycles. The van der Waals surface area contributed by atoms with Gasteiger partial charge in [-0.25, -0.2) is 4.79 Å². The van der Waals surface area contributed by atoms with Crippen LogP contribution < -0.4 is 29.3 Å². The Morgan fingerprint density at radius 2 is 1.96 bits per heavy atom. The number of nitrogens with one attached hydrogen (secondary N) is 1. The molecule has 1 N–H and O–H groups in total. The van der Waals surface area contributed by atoms with Crippen LogP contribution in [0.1, 0.15) is 12.8 Å². The molecule has 3 aliphatic rings. The Kier molecular flexibility index (Phi) is 5.70. The van der Waals surface area contributed by atoms with E-state index in [0.717, 1.165) is 27.2 Å². The van der Waals surface area contributed by atoms with E-state index in [0.29, 0.717) is 5.92 Å². The summed E-state index contributed by atoms with van der Waals surface area (Å²) in [7, 11) is 2.27. The number of ether oxygens (including phenoxy) is 1. The number of halogens is 1. The van der Waals surface area contributed by atoms with Crippen LogP contribution in [0.5, 0.6) is 0 Å². The van der Waals surface area contributed by atoms with Crippen LogP contribution in [0.4, 0.5) is 10.5 Å². The van der Waals surface area contributed by atoms with Crippen LogP contribution in [0.15, 0.2) is 41.8 Å². The van der Waals surface area contributed by atoms with E-state index in [9.17, 15) is 4.79 Å². The van der Waals surface area contributed by atoms with E-state index in [2.05, 4.69) is 18.4 Å². The molecule has 1 amide bonds. The third kappa shape index (κ3) is 4.01. The first-order valence-electron chi connectivity index (χ1n) is 8.57. The van der Waals surface area contributed by atoms with Crippen molar-refractivity contribution in [2.45, 2.75) is 18.9 Å². The van der Waals surface area contributed by atoms with E-state index < -0.39 is 0 Å². The lowest BCUT2D eigenvalue weighted by Crippen LogP contribution is -3.00. The van der Waals surface area contributed by atoms with E-state index in [4.69, 9.17) is 4.74 Å². The number of nitrogens with zero attached hydrogens (tertiary/aromatic N) is 1. The fourth-order valence-corrected chi connectivity index (χ4v) is 4.76. The number of hydrogen-bond acceptors (Lipinski definition) is 3. The predicted molar refractivity (Wildman–Crippen MR) is 97.2 cm³/mol. The Hall–Kier alpha value is -1.12. The maximum Gasteiger partial charge on any atom is 0.412 e. The third-order valence-corrected chi connectivity index (χ3v) is 6.34. The smallest absolute Gasteiger partial charge is 0.412 e. The van der Waals surface area contributed by atoms with Gasteiger partial charge in [-0.2, -0.15) is 0 Å². The average molecular weight is 470 g/mol. The van der Waals surface area contributed by atoms with Crippen LogP contribution in [0.3, 0.4) is 0 Å². The molecule has 1 aromatic heterocycles. The number of piperidine rings is 3. The summed E-state index contributed by atoms with van der Waals surface area (Å²) in [5.41, 5.74) is 1.85. The number of benzene rings is 1. The number of fused-ring (bicyclic) bond motifs is 3. The van der Waals surface area contributed by atoms with Crippen LogP contribution >= 0.6 is 11.3 Å². The van der Waals surface area contributed by atoms with Gasteiger partial charge in [-0.15, -0.1) is 11.3 Å². The molecule has 0 unspecified atom stereocenters. The van der Waals surface area contributed by atoms with Crippen molar-refractivity contribution >= 4 is 23.1 Å². The number of carbonyl (C=O) groups is 1. The number of likely N-dealkylation sites (N-methyl/N-ethyl adjacent to an activating group) is 1. The molecule has 5 rings (SSSR count). The van der Waals surface area contributed by atoms with Gasteiger partial charge >= 0.3 is 6.09 Å². The Morgan fingerprint density at radius 3 is 2.64 bits per heavy atom. The Balaban J connectivity index is 0.00000182. The molecular formula is C19H23IN2O2S. The van der Waals surface area contributed by atoms with Crippen molar-refractivity contribution < 1.29 is 38.0 Å². The van der Waals surface area contributed by atoms with Crippen molar-refractivity contribution in [3.05, 3.63) is 41.8 Å². The van der Waals surface area contributed by atoms with E-state index >= 15 is 0 Å². The van der Waals surface area contributed by atoms with Gasteiger partial charge in [0.15, 0.2) is 6.10 Å². The summed E-state index contributed by atoms with van der Waals surface area (Å²) < 4.78 is 6.85. The molecule has 3 aliphatic heterocycles. The van der Waals surface area contributed by atoms with Crippen LogP contribution in [0, 0.1) is 5.92 Å². The standard InChI is InChI=1S/C19H22N2O2S.HI/c1-21-10-8-14(9-11-21)17(13-21)23-19(22)20-16-6-3-2-5-15(16)18-7-4-12-24-18;/h2-7,12,14,17H,8-11,13H2,1H3;1H/t14?,17-,21?;/m0./s1. The van der Waals surface area contributed by atoms with Gasteiger partial charge in [0.25, 0.3) is 0 Å². The van der Waals surface area contributed by atoms with Gasteiger partial charge in [0, 0.05) is 29.2 Å². The van der Waals surface area contributed by atoms with E-state index in [-0.39, 0.29) is 36.2 Å². The van der Waals surface area contributed by atoms with Crippen LogP contribution in [0.25, 0.3) is 10.4 Å². The van der Waals surface area contributed by atoms with Gasteiger partial charge < -0.3 is 33.2 Å². The molecule has 0 radical (unpaired) electrons. The lowest BCUT2D eigenvalue weighted by Gasteiger charge is -2.49. The summed E-state index contributed by atoms with van der Waals surface area (Å²) in [6, 6.07) is 12.0. The highest BCUT2D eigenvalue weighted by Crippen LogP contribution is 2.35. The highest BCUT2D eigenvalue weighted by atomic mass is 127. The molecular weight excluding hydrogens is 447 g/mol. The van der Waals surface area contributed by atoms with Gasteiger partial charge in [-0.05, 0) is 17.5 Å². The zero-order valence-corrected chi connectivity index (χ0v) is 17.3. The van der Waals surface area contributed by atoms with E-state index in [1.807, 2.05) is 35.7 Å². The number of hydrogen-bond donors (Lipinski definition) is 1. The molecule has 25 heavy (non-hydrogen) atoms. The fraction of sp³-hybridized carbons (Fsp3) is 0.421. The average Bonchev–Trinajstić information content (AvgIpc) is 3.09. The number of carbonyl (C=O) groups excluding carboxylic acids is 1. The number of anilines is 1. The topological polar surface area (TPSA) is 38.3 Å². The van der Waals surface area contributed by atoms with Crippen LogP contribution in [0.2, 0.25) is 0 Å². The molecule has 134 valence electrons. The molecule has 0 saturated carbocycles. The highest BCUT2D eigenvalue weighted by Gasteiger charge is 2.45. The van der Waals surface area contributed by atoms with Gasteiger partial charge in [0.1, 0.15) is 6.54 Å². The second-order valence-electron chi connectivity index (χ2n) is 7.18. The summed E-state index contributed by atoms with van der Waals surface area (Å²) in [6.07, 6.45) is 2.05. The lowest BCUT2D eigenvalue weighted by molar-refractivity contribution is -0.928. The molecule has 0 aliphatic carbocycles. The Morgan fingerprint density at radius 1 is 1.20 bits per heavy atom. The summed E-state index contributed by atoms with van der Waals surface area (Å²) >= 11 is 1.67. The number of thiophene rings is 1. The predicted octanol–water partition coefficient (Wildman–Crippen LogP) is 1.21. The van der Waals surface area contributed by atoms with Crippen molar-refractivity contribution in [1.82, 2.24) is 0 Å². The Bertz CT molecular complexity index is 727. The van der Waals surface area contributed by atoms with Crippen molar-refractivity contribution in [3.8, 4) is 10.4 Å². The van der Waals surface area contributed by atoms with Gasteiger partial charge in [0.05, 0.1) is 25.8 Å². The summed E-state index contributed by atoms with van der Waals surface area (Å²) in [5, 5.41) is 5.00. The second kappa shape index (κ2) is 7.63. The maximum absolute atomic E-state index is 12.4. The second-order valence-corrected chi connectivity index (χ2v) is 8.13. The minimum Gasteiger partial charge on any atom is -1.00 e. The Labute approximate surface area is 169 Å². The van der Waals surface area contributed by atoms with Crippen molar-refractivity contribution in [2.24, 2.45) is 5.92 Å². The lowest BCUT2D eigenvalue weighted by atomic mass is 9.84. The largest absolute Gasteiger partial charge is 1.00 e. The minimum absolute atomic E-state index is 0. The third-order valence-electron chi connectivity index (χ3n) is 5.43.